The van der Waals surface area contributed by atoms with Crippen LogP contribution >= 0.6 is 0 Å². The quantitative estimate of drug-likeness (QED) is 0.400. The lowest BCUT2D eigenvalue weighted by atomic mass is 9.75. The van der Waals surface area contributed by atoms with Crippen molar-refractivity contribution < 1.29 is 32.3 Å². The smallest absolute Gasteiger partial charge is 0.382 e. The first-order valence-corrected chi connectivity index (χ1v) is 9.50. The number of Topliss-reactive ketones (excluding diaryl/α,β-unsaturated/α-hetero) is 3. The van der Waals surface area contributed by atoms with Crippen LogP contribution in [-0.4, -0.2) is 35.5 Å². The van der Waals surface area contributed by atoms with E-state index >= 15 is 0 Å². The summed E-state index contributed by atoms with van der Waals surface area (Å²) < 4.78 is 44.4. The van der Waals surface area contributed by atoms with E-state index in [0.29, 0.717) is 38.9 Å². The SMILES string of the molecule is CCOCCCc1nc(C(F)(F)F)ccc1C(=O)C1C(=O)C2CCC(C2)C1=O. The Morgan fingerprint density at radius 1 is 1.18 bits per heavy atom. The first-order chi connectivity index (χ1) is 13.2. The highest BCUT2D eigenvalue weighted by Gasteiger charge is 2.50. The van der Waals surface area contributed by atoms with Gasteiger partial charge >= 0.3 is 6.18 Å². The molecule has 28 heavy (non-hydrogen) atoms. The first-order valence-electron chi connectivity index (χ1n) is 9.50. The molecule has 2 unspecified atom stereocenters. The molecule has 8 heteroatoms. The summed E-state index contributed by atoms with van der Waals surface area (Å²) in [4.78, 5) is 41.8. The highest BCUT2D eigenvalue weighted by atomic mass is 19.4. The van der Waals surface area contributed by atoms with Gasteiger partial charge in [0.25, 0.3) is 0 Å². The molecule has 0 saturated heterocycles. The van der Waals surface area contributed by atoms with E-state index < -0.39 is 35.1 Å². The normalized spacial score (nSPS) is 24.6. The number of carbonyl (C=O) groups is 3. The number of alkyl halides is 3. The topological polar surface area (TPSA) is 73.3 Å². The molecule has 0 N–H and O–H groups in total. The molecule has 0 aromatic carbocycles. The van der Waals surface area contributed by atoms with E-state index in [1.807, 2.05) is 0 Å². The number of hydrogen-bond acceptors (Lipinski definition) is 5. The number of ether oxygens (including phenoxy) is 1. The van der Waals surface area contributed by atoms with E-state index in [1.165, 1.54) is 0 Å². The summed E-state index contributed by atoms with van der Waals surface area (Å²) in [6.07, 6.45) is -2.52. The zero-order valence-corrected chi connectivity index (χ0v) is 15.6. The molecule has 1 aromatic rings. The molecule has 2 saturated carbocycles. The summed E-state index contributed by atoms with van der Waals surface area (Å²) in [7, 11) is 0. The number of nitrogens with zero attached hydrogens (tertiary/aromatic N) is 1. The lowest BCUT2D eigenvalue weighted by Gasteiger charge is -2.25. The summed E-state index contributed by atoms with van der Waals surface area (Å²) in [5.74, 6) is -3.54. The number of halogens is 3. The van der Waals surface area contributed by atoms with Gasteiger partial charge in [0.2, 0.25) is 0 Å². The zero-order valence-electron chi connectivity index (χ0n) is 15.6. The Morgan fingerprint density at radius 2 is 1.82 bits per heavy atom. The van der Waals surface area contributed by atoms with Crippen LogP contribution in [0.3, 0.4) is 0 Å². The molecule has 2 aliphatic rings. The maximum absolute atomic E-state index is 13.1. The van der Waals surface area contributed by atoms with E-state index in [9.17, 15) is 27.6 Å². The van der Waals surface area contributed by atoms with Crippen LogP contribution in [0.25, 0.3) is 0 Å². The number of pyridine rings is 1. The van der Waals surface area contributed by atoms with Gasteiger partial charge in [0.05, 0.1) is 5.69 Å². The third-order valence-corrected chi connectivity index (χ3v) is 5.51. The van der Waals surface area contributed by atoms with Gasteiger partial charge in [-0.15, -0.1) is 0 Å². The Bertz CT molecular complexity index is 768. The molecule has 2 bridgehead atoms. The van der Waals surface area contributed by atoms with Crippen LogP contribution in [0.2, 0.25) is 0 Å². The van der Waals surface area contributed by atoms with Crippen molar-refractivity contribution in [3.8, 4) is 0 Å². The predicted octanol–water partition coefficient (Wildman–Crippen LogP) is 3.44. The summed E-state index contributed by atoms with van der Waals surface area (Å²) in [5.41, 5.74) is -1.22. The second-order valence-corrected chi connectivity index (χ2v) is 7.30. The van der Waals surface area contributed by atoms with Gasteiger partial charge in [-0.25, -0.2) is 4.98 Å². The fourth-order valence-corrected chi connectivity index (χ4v) is 4.08. The number of carbonyl (C=O) groups excluding carboxylic acids is 3. The molecule has 3 rings (SSSR count). The van der Waals surface area contributed by atoms with E-state index in [1.54, 1.807) is 6.92 Å². The third-order valence-electron chi connectivity index (χ3n) is 5.51. The number of ketones is 3. The molecule has 5 nitrogen and oxygen atoms in total. The van der Waals surface area contributed by atoms with Crippen molar-refractivity contribution in [1.29, 1.82) is 0 Å². The Balaban J connectivity index is 1.91. The summed E-state index contributed by atoms with van der Waals surface area (Å²) in [6.45, 7) is 2.58. The largest absolute Gasteiger partial charge is 0.433 e. The second kappa shape index (κ2) is 8.11. The Kier molecular flexibility index (Phi) is 5.98. The van der Waals surface area contributed by atoms with Gasteiger partial charge < -0.3 is 4.74 Å². The Morgan fingerprint density at radius 3 is 2.39 bits per heavy atom. The summed E-state index contributed by atoms with van der Waals surface area (Å²) in [6, 6.07) is 1.77. The van der Waals surface area contributed by atoms with Crippen molar-refractivity contribution in [3.05, 3.63) is 29.1 Å². The number of aryl methyl sites for hydroxylation is 1. The predicted molar refractivity (Wildman–Crippen MR) is 92.7 cm³/mol. The van der Waals surface area contributed by atoms with Crippen LogP contribution in [0.5, 0.6) is 0 Å². The fourth-order valence-electron chi connectivity index (χ4n) is 4.08. The van der Waals surface area contributed by atoms with E-state index in [0.717, 1.165) is 12.1 Å². The van der Waals surface area contributed by atoms with Gasteiger partial charge in [-0.2, -0.15) is 13.2 Å². The zero-order chi connectivity index (χ0) is 20.5. The van der Waals surface area contributed by atoms with Crippen molar-refractivity contribution in [1.82, 2.24) is 4.98 Å². The molecule has 1 heterocycles. The summed E-state index contributed by atoms with van der Waals surface area (Å²) >= 11 is 0. The molecule has 2 fully saturated rings. The number of rotatable bonds is 7. The minimum atomic E-state index is -4.65. The standard InChI is InChI=1S/C20H22F3NO4/c1-2-28-9-3-4-14-13(7-8-15(24-14)20(21,22)23)19(27)16-17(25)11-5-6-12(10-11)18(16)26/h7-8,11-12,16H,2-6,9-10H2,1H3. The van der Waals surface area contributed by atoms with Gasteiger partial charge in [-0.3, -0.25) is 14.4 Å². The average molecular weight is 397 g/mol. The third kappa shape index (κ3) is 4.01. The first kappa shape index (κ1) is 20.6. The highest BCUT2D eigenvalue weighted by molar-refractivity contribution is 6.26. The minimum Gasteiger partial charge on any atom is -0.382 e. The van der Waals surface area contributed by atoms with Gasteiger partial charge in [-0.1, -0.05) is 0 Å². The Labute approximate surface area is 160 Å². The molecule has 0 amide bonds. The number of hydrogen-bond donors (Lipinski definition) is 0. The van der Waals surface area contributed by atoms with Gasteiger partial charge in [0.15, 0.2) is 17.3 Å². The molecular formula is C20H22F3NO4. The van der Waals surface area contributed by atoms with Crippen LogP contribution in [0.15, 0.2) is 12.1 Å². The van der Waals surface area contributed by atoms with E-state index in [4.69, 9.17) is 4.74 Å². The van der Waals surface area contributed by atoms with Crippen LogP contribution < -0.4 is 0 Å². The molecule has 2 atom stereocenters. The molecule has 2 aliphatic carbocycles. The van der Waals surface area contributed by atoms with Crippen LogP contribution in [0.4, 0.5) is 13.2 Å². The van der Waals surface area contributed by atoms with E-state index in [2.05, 4.69) is 4.98 Å². The van der Waals surface area contributed by atoms with Crippen molar-refractivity contribution >= 4 is 17.3 Å². The van der Waals surface area contributed by atoms with E-state index in [-0.39, 0.29) is 29.5 Å². The summed E-state index contributed by atoms with van der Waals surface area (Å²) in [5, 5.41) is 0. The van der Waals surface area contributed by atoms with Crippen LogP contribution in [0.1, 0.15) is 54.4 Å². The maximum Gasteiger partial charge on any atom is 0.433 e. The van der Waals surface area contributed by atoms with Gasteiger partial charge in [0, 0.05) is 30.6 Å². The van der Waals surface area contributed by atoms with Crippen LogP contribution in [-0.2, 0) is 26.9 Å². The second-order valence-electron chi connectivity index (χ2n) is 7.30. The molecule has 0 aliphatic heterocycles. The fraction of sp³-hybridized carbons (Fsp3) is 0.600. The van der Waals surface area contributed by atoms with Crippen molar-refractivity contribution in [2.75, 3.05) is 13.2 Å². The highest BCUT2D eigenvalue weighted by Crippen LogP contribution is 2.41. The number of fused-ring (bicyclic) bond motifs is 2. The van der Waals surface area contributed by atoms with Crippen molar-refractivity contribution in [2.45, 2.75) is 45.2 Å². The molecule has 152 valence electrons. The number of aromatic nitrogens is 1. The van der Waals surface area contributed by atoms with Crippen LogP contribution in [0, 0.1) is 17.8 Å². The average Bonchev–Trinajstić information content (AvgIpc) is 3.10. The molecule has 1 aromatic heterocycles. The Hall–Kier alpha value is -2.09. The molecule has 0 spiro atoms. The van der Waals surface area contributed by atoms with Crippen molar-refractivity contribution in [2.24, 2.45) is 17.8 Å². The van der Waals surface area contributed by atoms with Gasteiger partial charge in [0.1, 0.15) is 11.6 Å². The molecular weight excluding hydrogens is 375 g/mol. The lowest BCUT2D eigenvalue weighted by Crippen LogP contribution is -2.41. The van der Waals surface area contributed by atoms with Gasteiger partial charge in [-0.05, 0) is 51.2 Å². The van der Waals surface area contributed by atoms with Crippen molar-refractivity contribution in [3.63, 3.8) is 0 Å². The monoisotopic (exact) mass is 397 g/mol. The molecule has 0 radical (unpaired) electrons. The lowest BCUT2D eigenvalue weighted by molar-refractivity contribution is -0.141. The minimum absolute atomic E-state index is 0.0435. The maximum atomic E-state index is 13.1.